The third kappa shape index (κ3) is 8.70. The van der Waals surface area contributed by atoms with Crippen LogP contribution in [0.15, 0.2) is 64.6 Å². The zero-order valence-electron chi connectivity index (χ0n) is 25.4. The Morgan fingerprint density at radius 1 is 1.04 bits per heavy atom. The fraction of sp³-hybridized carbons (Fsp3) is 0.400. The first-order chi connectivity index (χ1) is 22.8. The molecule has 1 aromatic heterocycles. The molecule has 0 amide bonds. The van der Waals surface area contributed by atoms with Gasteiger partial charge in [0.2, 0.25) is 20.0 Å². The number of hydrogen-bond donors (Lipinski definition) is 1. The van der Waals surface area contributed by atoms with Crippen LogP contribution in [0.2, 0.25) is 10.0 Å². The maximum atomic E-state index is 13.9. The van der Waals surface area contributed by atoms with Crippen LogP contribution in [0.25, 0.3) is 0 Å². The van der Waals surface area contributed by atoms with E-state index in [1.165, 1.54) is 49.4 Å². The molecule has 2 aliphatic rings. The van der Waals surface area contributed by atoms with Crippen molar-refractivity contribution in [2.24, 2.45) is 5.92 Å². The van der Waals surface area contributed by atoms with Crippen LogP contribution in [-0.2, 0) is 36.0 Å². The van der Waals surface area contributed by atoms with E-state index in [2.05, 4.69) is 14.4 Å². The van der Waals surface area contributed by atoms with E-state index in [1.54, 1.807) is 0 Å². The smallest absolute Gasteiger partial charge is 0.387 e. The van der Waals surface area contributed by atoms with E-state index in [0.717, 1.165) is 41.4 Å². The molecular weight excluding hydrogens is 735 g/mol. The van der Waals surface area contributed by atoms with Crippen LogP contribution in [0.4, 0.5) is 8.78 Å². The van der Waals surface area contributed by atoms with Gasteiger partial charge in [0.05, 0.1) is 26.4 Å². The Labute approximate surface area is 291 Å². The van der Waals surface area contributed by atoms with Gasteiger partial charge in [-0.1, -0.05) is 29.3 Å². The zero-order chi connectivity index (χ0) is 34.6. The number of pyridine rings is 1. The molecule has 2 aromatic carbocycles. The first-order valence-corrected chi connectivity index (χ1v) is 19.5. The lowest BCUT2D eigenvalue weighted by atomic mass is 10.0. The van der Waals surface area contributed by atoms with Crippen molar-refractivity contribution < 1.29 is 44.6 Å². The summed E-state index contributed by atoms with van der Waals surface area (Å²) < 4.78 is 98.0. The molecule has 3 aromatic rings. The summed E-state index contributed by atoms with van der Waals surface area (Å²) in [6.45, 7) is -2.85. The fourth-order valence-corrected chi connectivity index (χ4v) is 8.96. The minimum absolute atomic E-state index is 0.0190. The molecule has 11 nitrogen and oxygen atoms in total. The number of thioether (sulfide) groups is 1. The number of hydrogen-bond acceptors (Lipinski definition) is 10. The maximum Gasteiger partial charge on any atom is 0.387 e. The quantitative estimate of drug-likeness (QED) is 0.215. The normalized spacial score (nSPS) is 18.0. The molecule has 2 atom stereocenters. The van der Waals surface area contributed by atoms with Crippen LogP contribution in [-0.4, -0.2) is 76.5 Å². The summed E-state index contributed by atoms with van der Waals surface area (Å²) in [4.78, 5) is 17.5. The van der Waals surface area contributed by atoms with Crippen molar-refractivity contribution in [1.82, 2.24) is 14.0 Å². The van der Waals surface area contributed by atoms with Crippen LogP contribution >= 0.6 is 35.0 Å². The Morgan fingerprint density at radius 2 is 1.71 bits per heavy atom. The Hall–Kier alpha value is -2.73. The Balaban J connectivity index is 1.46. The highest BCUT2D eigenvalue weighted by molar-refractivity contribution is 7.99. The summed E-state index contributed by atoms with van der Waals surface area (Å²) in [6, 6.07) is 7.54. The highest BCUT2D eigenvalue weighted by atomic mass is 35.5. The number of ether oxygens (including phenoxy) is 3. The molecular formula is C30H31Cl2F2N3O8S3. The zero-order valence-corrected chi connectivity index (χ0v) is 29.3. The molecule has 18 heteroatoms. The monoisotopic (exact) mass is 765 g/mol. The number of esters is 1. The van der Waals surface area contributed by atoms with Crippen LogP contribution in [0, 0.1) is 5.92 Å². The van der Waals surface area contributed by atoms with Gasteiger partial charge in [0.25, 0.3) is 0 Å². The van der Waals surface area contributed by atoms with Gasteiger partial charge in [0, 0.05) is 36.9 Å². The summed E-state index contributed by atoms with van der Waals surface area (Å²) in [5.74, 6) is -0.293. The largest absolute Gasteiger partial charge is 0.489 e. The number of nitrogens with one attached hydrogen (secondary N) is 1. The molecule has 1 unspecified atom stereocenters. The summed E-state index contributed by atoms with van der Waals surface area (Å²) in [5, 5.41) is 0.375. The summed E-state index contributed by atoms with van der Waals surface area (Å²) >= 11 is 14.2. The molecule has 260 valence electrons. The first kappa shape index (κ1) is 36.5. The minimum Gasteiger partial charge on any atom is -0.489 e. The molecule has 1 aliphatic carbocycles. The highest BCUT2D eigenvalue weighted by Gasteiger charge is 2.40. The third-order valence-corrected chi connectivity index (χ3v) is 12.7. The molecule has 2 fully saturated rings. The number of alkyl halides is 2. The topological polar surface area (TPSA) is 141 Å². The van der Waals surface area contributed by atoms with Gasteiger partial charge in [-0.2, -0.15) is 24.8 Å². The lowest BCUT2D eigenvalue weighted by Crippen LogP contribution is -2.51. The van der Waals surface area contributed by atoms with Gasteiger partial charge in [-0.05, 0) is 73.3 Å². The number of benzene rings is 2. The van der Waals surface area contributed by atoms with Crippen LogP contribution in [0.5, 0.6) is 11.5 Å². The van der Waals surface area contributed by atoms with Gasteiger partial charge in [0.15, 0.2) is 11.5 Å². The number of carbonyl (C=O) groups excluding carboxylic acids is 1. The van der Waals surface area contributed by atoms with Crippen LogP contribution < -0.4 is 14.2 Å². The van der Waals surface area contributed by atoms with E-state index in [-0.39, 0.29) is 62.6 Å². The van der Waals surface area contributed by atoms with Gasteiger partial charge < -0.3 is 14.2 Å². The Kier molecular flexibility index (Phi) is 11.8. The lowest BCUT2D eigenvalue weighted by molar-refractivity contribution is -0.153. The second-order valence-electron chi connectivity index (χ2n) is 10.9. The van der Waals surface area contributed by atoms with Crippen LogP contribution in [0.1, 0.15) is 30.1 Å². The van der Waals surface area contributed by atoms with Gasteiger partial charge in [-0.15, -0.1) is 0 Å². The van der Waals surface area contributed by atoms with E-state index >= 15 is 0 Å². The molecule has 5 rings (SSSR count). The summed E-state index contributed by atoms with van der Waals surface area (Å²) in [5.41, 5.74) is 0.720. The molecule has 1 saturated heterocycles. The number of rotatable bonds is 14. The van der Waals surface area contributed by atoms with Gasteiger partial charge >= 0.3 is 12.6 Å². The van der Waals surface area contributed by atoms with Gasteiger partial charge in [-0.3, -0.25) is 9.78 Å². The lowest BCUT2D eigenvalue weighted by Gasteiger charge is -2.34. The molecule has 0 spiro atoms. The van der Waals surface area contributed by atoms with Crippen molar-refractivity contribution in [2.45, 2.75) is 47.8 Å². The second-order valence-corrected chi connectivity index (χ2v) is 16.7. The number of halogens is 4. The fourth-order valence-electron chi connectivity index (χ4n) is 4.89. The molecule has 48 heavy (non-hydrogen) atoms. The van der Waals surface area contributed by atoms with Crippen molar-refractivity contribution in [2.75, 3.05) is 31.7 Å². The highest BCUT2D eigenvalue weighted by Crippen LogP contribution is 2.38. The van der Waals surface area contributed by atoms with Gasteiger partial charge in [-0.25, -0.2) is 21.6 Å². The average Bonchev–Trinajstić information content (AvgIpc) is 3.90. The van der Waals surface area contributed by atoms with E-state index in [4.69, 9.17) is 32.7 Å². The number of carbonyl (C=O) groups is 1. The molecule has 1 aliphatic heterocycles. The SMILES string of the molecule is CNS(=O)(=O)c1ccc(S(=O)(=O)N2CCSCC2C(=O)O[C@@H](Cc2c(Cl)cncc2Cl)c2ccc(OC(F)F)c(OCC3CC3)c2)cc1. The van der Waals surface area contributed by atoms with Crippen molar-refractivity contribution in [3.63, 3.8) is 0 Å². The van der Waals surface area contributed by atoms with Crippen molar-refractivity contribution in [3.8, 4) is 11.5 Å². The van der Waals surface area contributed by atoms with Crippen molar-refractivity contribution >= 4 is 61.0 Å². The second kappa shape index (κ2) is 15.4. The molecule has 1 saturated carbocycles. The maximum absolute atomic E-state index is 13.9. The van der Waals surface area contributed by atoms with E-state index < -0.39 is 44.8 Å². The molecule has 1 N–H and O–H groups in total. The van der Waals surface area contributed by atoms with E-state index in [0.29, 0.717) is 16.9 Å². The Bertz CT molecular complexity index is 1830. The van der Waals surface area contributed by atoms with Gasteiger partial charge in [0.1, 0.15) is 12.1 Å². The predicted octanol–water partition coefficient (Wildman–Crippen LogP) is 5.32. The molecule has 0 bridgehead atoms. The van der Waals surface area contributed by atoms with Crippen LogP contribution in [0.3, 0.4) is 0 Å². The van der Waals surface area contributed by atoms with E-state index in [1.807, 2.05) is 0 Å². The third-order valence-electron chi connectivity index (χ3n) is 7.69. The first-order valence-electron chi connectivity index (χ1n) is 14.6. The summed E-state index contributed by atoms with van der Waals surface area (Å²) in [7, 11) is -6.86. The minimum atomic E-state index is -4.29. The standard InChI is InChI=1S/C30H31Cl2F2N3O8S3/c1-35-47(39,40)20-5-7-21(8-6-20)48(41,42)37-10-11-46-17-25(37)29(38)44-27(13-22-23(31)14-36-15-24(22)32)19-4-9-26(45-30(33)34)28(12-19)43-16-18-2-3-18/h4-9,12,14-15,18,25,27,30,35H,2-3,10-11,13,16-17H2,1H3/t25?,27-/m0/s1. The Morgan fingerprint density at radius 3 is 2.33 bits per heavy atom. The number of sulfonamides is 2. The van der Waals surface area contributed by atoms with E-state index in [9.17, 15) is 30.4 Å². The molecule has 2 heterocycles. The number of aromatic nitrogens is 1. The number of nitrogens with zero attached hydrogens (tertiary/aromatic N) is 2. The van der Waals surface area contributed by atoms with Crippen molar-refractivity contribution in [1.29, 1.82) is 0 Å². The van der Waals surface area contributed by atoms with Crippen molar-refractivity contribution in [3.05, 3.63) is 76.0 Å². The average molecular weight is 767 g/mol. The molecule has 0 radical (unpaired) electrons. The predicted molar refractivity (Wildman–Crippen MR) is 176 cm³/mol. The summed E-state index contributed by atoms with van der Waals surface area (Å²) in [6.07, 6.45) is 3.43.